The zero-order valence-electron chi connectivity index (χ0n) is 28.4. The molecular weight excluding hydrogens is 667 g/mol. The molecule has 0 aliphatic carbocycles. The molecule has 0 fully saturated rings. The summed E-state index contributed by atoms with van der Waals surface area (Å²) in [7, 11) is 0. The summed E-state index contributed by atoms with van der Waals surface area (Å²) in [6, 6.07) is 61.8. The summed E-state index contributed by atoms with van der Waals surface area (Å²) in [5.74, 6) is 1.80. The molecule has 0 atom stereocenters. The molecule has 0 saturated carbocycles. The molecule has 3 aromatic heterocycles. The van der Waals surface area contributed by atoms with E-state index < -0.39 is 0 Å². The number of rotatable bonds is 5. The maximum atomic E-state index is 5.35. The van der Waals surface area contributed by atoms with Crippen molar-refractivity contribution in [2.24, 2.45) is 0 Å². The van der Waals surface area contributed by atoms with E-state index in [2.05, 4.69) is 173 Å². The third-order valence-corrected chi connectivity index (χ3v) is 11.3. The molecule has 0 bridgehead atoms. The molecule has 10 aromatic rings. The van der Waals surface area contributed by atoms with E-state index in [1.165, 1.54) is 26.1 Å². The van der Waals surface area contributed by atoms with E-state index in [1.807, 2.05) is 23.9 Å². The average molecular weight is 696 g/mol. The number of nitrogens with zero attached hydrogens (tertiary/aromatic N) is 5. The predicted molar refractivity (Wildman–Crippen MR) is 217 cm³/mol. The summed E-state index contributed by atoms with van der Waals surface area (Å²) in [6.45, 7) is 0. The second-order valence-corrected chi connectivity index (χ2v) is 14.4. The largest absolute Gasteiger partial charge is 0.293 e. The Labute approximate surface area is 309 Å². The van der Waals surface area contributed by atoms with Crippen molar-refractivity contribution >= 4 is 44.6 Å². The van der Waals surface area contributed by atoms with Gasteiger partial charge in [0.2, 0.25) is 5.95 Å². The first-order valence-corrected chi connectivity index (χ1v) is 18.5. The van der Waals surface area contributed by atoms with E-state index in [0.29, 0.717) is 17.6 Å². The Hall–Kier alpha value is -6.76. The molecule has 53 heavy (non-hydrogen) atoms. The minimum atomic E-state index is 0.572. The zero-order valence-corrected chi connectivity index (χ0v) is 29.2. The Kier molecular flexibility index (Phi) is 6.72. The van der Waals surface area contributed by atoms with Crippen LogP contribution in [0.3, 0.4) is 0 Å². The molecule has 11 rings (SSSR count). The molecule has 1 aliphatic rings. The highest BCUT2D eigenvalue weighted by Crippen LogP contribution is 2.49. The topological polar surface area (TPSA) is 48.5 Å². The molecule has 0 spiro atoms. The maximum absolute atomic E-state index is 5.35. The number of benzene rings is 7. The molecule has 1 aliphatic heterocycles. The van der Waals surface area contributed by atoms with E-state index in [9.17, 15) is 0 Å². The van der Waals surface area contributed by atoms with E-state index in [0.717, 1.165) is 55.6 Å². The molecule has 4 heterocycles. The van der Waals surface area contributed by atoms with Gasteiger partial charge in [-0.05, 0) is 58.7 Å². The molecule has 6 heteroatoms. The van der Waals surface area contributed by atoms with E-state index in [1.54, 1.807) is 0 Å². The lowest BCUT2D eigenvalue weighted by molar-refractivity contribution is 0.927. The van der Waals surface area contributed by atoms with Crippen LogP contribution in [0.5, 0.6) is 0 Å². The quantitative estimate of drug-likeness (QED) is 0.180. The van der Waals surface area contributed by atoms with E-state index >= 15 is 0 Å². The number of hydrogen-bond acceptors (Lipinski definition) is 4. The number of hydrogen-bond donors (Lipinski definition) is 0. The van der Waals surface area contributed by atoms with Crippen LogP contribution in [0, 0.1) is 0 Å². The molecule has 0 saturated heterocycles. The van der Waals surface area contributed by atoms with Crippen molar-refractivity contribution in [3.05, 3.63) is 176 Å². The van der Waals surface area contributed by atoms with E-state index in [4.69, 9.17) is 15.0 Å². The van der Waals surface area contributed by atoms with Gasteiger partial charge in [0.25, 0.3) is 0 Å². The molecule has 7 aromatic carbocycles. The van der Waals surface area contributed by atoms with Crippen LogP contribution in [0.2, 0.25) is 0 Å². The Bertz CT molecular complexity index is 2930. The first-order valence-electron chi connectivity index (χ1n) is 17.7. The fourth-order valence-electron chi connectivity index (χ4n) is 7.79. The smallest absolute Gasteiger partial charge is 0.239 e. The summed E-state index contributed by atoms with van der Waals surface area (Å²) in [6.07, 6.45) is 0. The monoisotopic (exact) mass is 695 g/mol. The molecular formula is C47H29N5S. The second kappa shape index (κ2) is 11.9. The van der Waals surface area contributed by atoms with Gasteiger partial charge in [-0.1, -0.05) is 151 Å². The summed E-state index contributed by atoms with van der Waals surface area (Å²) in [4.78, 5) is 18.4. The van der Waals surface area contributed by atoms with Crippen LogP contribution in [0.25, 0.3) is 89.5 Å². The van der Waals surface area contributed by atoms with Gasteiger partial charge in [0.15, 0.2) is 11.6 Å². The van der Waals surface area contributed by atoms with Gasteiger partial charge in [-0.3, -0.25) is 9.13 Å². The van der Waals surface area contributed by atoms with Crippen molar-refractivity contribution in [2.75, 3.05) is 0 Å². The number of fused-ring (bicyclic) bond motifs is 7. The Morgan fingerprint density at radius 2 is 0.925 bits per heavy atom. The Morgan fingerprint density at radius 3 is 1.62 bits per heavy atom. The molecule has 248 valence electrons. The van der Waals surface area contributed by atoms with Gasteiger partial charge in [0.05, 0.1) is 16.7 Å². The van der Waals surface area contributed by atoms with Crippen LogP contribution < -0.4 is 0 Å². The van der Waals surface area contributed by atoms with Crippen molar-refractivity contribution in [3.63, 3.8) is 0 Å². The minimum Gasteiger partial charge on any atom is -0.293 e. The predicted octanol–water partition coefficient (Wildman–Crippen LogP) is 12.0. The Balaban J connectivity index is 1.23. The van der Waals surface area contributed by atoms with Gasteiger partial charge >= 0.3 is 0 Å². The van der Waals surface area contributed by atoms with Gasteiger partial charge < -0.3 is 0 Å². The molecule has 0 unspecified atom stereocenters. The third kappa shape index (κ3) is 4.76. The zero-order chi connectivity index (χ0) is 34.9. The van der Waals surface area contributed by atoms with Crippen molar-refractivity contribution in [1.82, 2.24) is 24.1 Å². The SMILES string of the molecule is c1ccc(-c2cccc(-c3nc(-c4cccc(-c5ccccc5)c4)nc(-n4c5ccccc5c5c6cccc7c6n(c54)-c4ccccc4S7)n3)c2)cc1. The lowest BCUT2D eigenvalue weighted by Gasteiger charge is -2.20. The van der Waals surface area contributed by atoms with Crippen molar-refractivity contribution in [2.45, 2.75) is 9.79 Å². The van der Waals surface area contributed by atoms with Gasteiger partial charge in [-0.2, -0.15) is 9.97 Å². The molecule has 0 N–H and O–H groups in total. The van der Waals surface area contributed by atoms with Crippen LogP contribution in [0.1, 0.15) is 0 Å². The maximum Gasteiger partial charge on any atom is 0.239 e. The summed E-state index contributed by atoms with van der Waals surface area (Å²) in [5, 5.41) is 3.57. The average Bonchev–Trinajstić information content (AvgIpc) is 3.76. The number of para-hydroxylation sites is 3. The van der Waals surface area contributed by atoms with Gasteiger partial charge in [0.1, 0.15) is 5.65 Å². The summed E-state index contributed by atoms with van der Waals surface area (Å²) < 4.78 is 4.67. The summed E-state index contributed by atoms with van der Waals surface area (Å²) in [5.41, 5.74) is 10.8. The lowest BCUT2D eigenvalue weighted by atomic mass is 10.0. The molecule has 0 amide bonds. The standard InChI is InChI=1S/C47H29N5S/c1-3-14-30(15-4-1)32-18-11-20-34(28-32)44-48-45(35-21-12-19-33(29-35)31-16-5-2-6-17-31)50-47(49-44)52-38-24-8-7-22-36(38)42-37-23-13-27-41-43(37)51(46(42)52)39-25-9-10-26-40(39)53-41/h1-29H. The van der Waals surface area contributed by atoms with Crippen molar-refractivity contribution < 1.29 is 0 Å². The second-order valence-electron chi connectivity index (χ2n) is 13.3. The molecule has 5 nitrogen and oxygen atoms in total. The van der Waals surface area contributed by atoms with Crippen LogP contribution in [0.4, 0.5) is 0 Å². The highest BCUT2D eigenvalue weighted by molar-refractivity contribution is 7.99. The van der Waals surface area contributed by atoms with Crippen molar-refractivity contribution in [3.8, 4) is 56.7 Å². The van der Waals surface area contributed by atoms with Crippen LogP contribution in [0.15, 0.2) is 186 Å². The van der Waals surface area contributed by atoms with Crippen molar-refractivity contribution in [1.29, 1.82) is 0 Å². The highest BCUT2D eigenvalue weighted by Gasteiger charge is 2.28. The van der Waals surface area contributed by atoms with Crippen LogP contribution >= 0.6 is 11.8 Å². The number of aromatic nitrogens is 5. The highest BCUT2D eigenvalue weighted by atomic mass is 32.2. The normalized spacial score (nSPS) is 12.1. The first kappa shape index (κ1) is 29.9. The van der Waals surface area contributed by atoms with Crippen LogP contribution in [-0.2, 0) is 0 Å². The Morgan fingerprint density at radius 1 is 0.396 bits per heavy atom. The van der Waals surface area contributed by atoms with Gasteiger partial charge in [-0.15, -0.1) is 0 Å². The molecule has 0 radical (unpaired) electrons. The van der Waals surface area contributed by atoms with Gasteiger partial charge in [0, 0.05) is 37.1 Å². The first-order chi connectivity index (χ1) is 26.3. The minimum absolute atomic E-state index is 0.572. The fraction of sp³-hybridized carbons (Fsp3) is 0. The third-order valence-electron chi connectivity index (χ3n) is 10.2. The van der Waals surface area contributed by atoms with Gasteiger partial charge in [-0.25, -0.2) is 4.98 Å². The summed E-state index contributed by atoms with van der Waals surface area (Å²) >= 11 is 1.83. The van der Waals surface area contributed by atoms with Crippen LogP contribution in [-0.4, -0.2) is 24.1 Å². The fourth-order valence-corrected chi connectivity index (χ4v) is 8.88. The van der Waals surface area contributed by atoms with E-state index in [-0.39, 0.29) is 0 Å². The lowest BCUT2D eigenvalue weighted by Crippen LogP contribution is -2.10.